The zero-order valence-corrected chi connectivity index (χ0v) is 15.8. The monoisotopic (exact) mass is 389 g/mol. The van der Waals surface area contributed by atoms with Gasteiger partial charge in [0.2, 0.25) is 0 Å². The van der Waals surface area contributed by atoms with Crippen LogP contribution < -0.4 is 11.0 Å². The number of hydrogen-bond acceptors (Lipinski definition) is 3. The lowest BCUT2D eigenvalue weighted by Crippen LogP contribution is -2.35. The number of hydrogen-bond donors (Lipinski definition) is 1. The fourth-order valence-corrected chi connectivity index (χ4v) is 3.24. The Morgan fingerprint density at radius 1 is 1.00 bits per heavy atom. The van der Waals surface area contributed by atoms with E-state index in [0.717, 1.165) is 11.1 Å². The number of fused-ring (bicyclic) bond motifs is 1. The van der Waals surface area contributed by atoms with Crippen molar-refractivity contribution in [1.82, 2.24) is 9.66 Å². The minimum absolute atomic E-state index is 0.277. The molecule has 0 aliphatic carbocycles. The summed E-state index contributed by atoms with van der Waals surface area (Å²) >= 11 is 6.13. The van der Waals surface area contributed by atoms with Crippen molar-refractivity contribution < 1.29 is 4.79 Å². The molecule has 1 aromatic heterocycles. The SMILES string of the molecule is Cc1cccc(-c2nc3ccccc3c(=O)n2NC(=O)c2ccccc2Cl)c1. The standard InChI is InChI=1S/C22H16ClN3O2/c1-14-7-6-8-15(13-14)20-24-19-12-5-3-10-17(19)22(28)26(20)25-21(27)16-9-2-4-11-18(16)23/h2-13H,1H3,(H,25,27). The lowest BCUT2D eigenvalue weighted by Gasteiger charge is -2.15. The van der Waals surface area contributed by atoms with E-state index >= 15 is 0 Å². The van der Waals surface area contributed by atoms with Crippen LogP contribution in [0.15, 0.2) is 77.6 Å². The van der Waals surface area contributed by atoms with Crippen LogP contribution in [-0.4, -0.2) is 15.6 Å². The molecule has 0 fully saturated rings. The van der Waals surface area contributed by atoms with Gasteiger partial charge < -0.3 is 0 Å². The first-order valence-electron chi connectivity index (χ1n) is 8.69. The first-order valence-corrected chi connectivity index (χ1v) is 9.07. The van der Waals surface area contributed by atoms with Crippen LogP contribution in [-0.2, 0) is 0 Å². The van der Waals surface area contributed by atoms with E-state index in [9.17, 15) is 9.59 Å². The highest BCUT2D eigenvalue weighted by Gasteiger charge is 2.17. The Hall–Kier alpha value is -3.44. The molecule has 0 spiro atoms. The summed E-state index contributed by atoms with van der Waals surface area (Å²) in [6.45, 7) is 1.95. The molecule has 3 aromatic carbocycles. The molecule has 0 bridgehead atoms. The number of rotatable bonds is 3. The molecule has 0 saturated heterocycles. The first-order chi connectivity index (χ1) is 13.5. The van der Waals surface area contributed by atoms with Crippen LogP contribution >= 0.6 is 11.6 Å². The number of nitrogens with zero attached hydrogens (tertiary/aromatic N) is 2. The summed E-state index contributed by atoms with van der Waals surface area (Å²) in [6.07, 6.45) is 0. The van der Waals surface area contributed by atoms with Gasteiger partial charge in [0.25, 0.3) is 11.5 Å². The zero-order valence-electron chi connectivity index (χ0n) is 15.0. The van der Waals surface area contributed by atoms with Crippen LogP contribution in [0.3, 0.4) is 0 Å². The Morgan fingerprint density at radius 3 is 2.54 bits per heavy atom. The average Bonchev–Trinajstić information content (AvgIpc) is 2.70. The van der Waals surface area contributed by atoms with E-state index in [4.69, 9.17) is 11.6 Å². The highest BCUT2D eigenvalue weighted by molar-refractivity contribution is 6.34. The summed E-state index contributed by atoms with van der Waals surface area (Å²) in [5, 5.41) is 0.720. The second-order valence-corrected chi connectivity index (χ2v) is 6.79. The Bertz CT molecular complexity index is 1260. The molecule has 138 valence electrons. The van der Waals surface area contributed by atoms with Gasteiger partial charge in [0.05, 0.1) is 21.5 Å². The third-order valence-corrected chi connectivity index (χ3v) is 4.71. The molecule has 1 N–H and O–H groups in total. The Labute approximate surface area is 166 Å². The quantitative estimate of drug-likeness (QED) is 0.564. The minimum atomic E-state index is -0.487. The fourth-order valence-electron chi connectivity index (χ4n) is 3.02. The molecule has 1 heterocycles. The number of aryl methyl sites for hydroxylation is 1. The van der Waals surface area contributed by atoms with Crippen LogP contribution in [0.25, 0.3) is 22.3 Å². The molecule has 4 rings (SSSR count). The largest absolute Gasteiger partial charge is 0.280 e. The number of halogens is 1. The molecule has 0 radical (unpaired) electrons. The van der Waals surface area contributed by atoms with Crippen molar-refractivity contribution >= 4 is 28.4 Å². The van der Waals surface area contributed by atoms with Crippen molar-refractivity contribution in [3.05, 3.63) is 99.3 Å². The molecule has 5 nitrogen and oxygen atoms in total. The van der Waals surface area contributed by atoms with E-state index in [2.05, 4.69) is 10.4 Å². The van der Waals surface area contributed by atoms with Crippen molar-refractivity contribution in [3.63, 3.8) is 0 Å². The summed E-state index contributed by atoms with van der Waals surface area (Å²) in [7, 11) is 0. The van der Waals surface area contributed by atoms with Gasteiger partial charge in [-0.05, 0) is 37.3 Å². The van der Waals surface area contributed by atoms with Gasteiger partial charge >= 0.3 is 0 Å². The minimum Gasteiger partial charge on any atom is -0.267 e. The summed E-state index contributed by atoms with van der Waals surface area (Å²) < 4.78 is 1.18. The molecule has 0 saturated carbocycles. The van der Waals surface area contributed by atoms with Crippen molar-refractivity contribution in [1.29, 1.82) is 0 Å². The van der Waals surface area contributed by atoms with Gasteiger partial charge in [0.15, 0.2) is 5.82 Å². The molecular weight excluding hydrogens is 374 g/mol. The molecule has 0 unspecified atom stereocenters. The number of amides is 1. The Balaban J connectivity index is 1.92. The van der Waals surface area contributed by atoms with Gasteiger partial charge in [0, 0.05) is 5.56 Å². The zero-order chi connectivity index (χ0) is 19.7. The molecule has 0 aliphatic rings. The highest BCUT2D eigenvalue weighted by Crippen LogP contribution is 2.20. The third-order valence-electron chi connectivity index (χ3n) is 4.38. The van der Waals surface area contributed by atoms with Gasteiger partial charge in [-0.25, -0.2) is 4.98 Å². The van der Waals surface area contributed by atoms with Crippen LogP contribution in [0.2, 0.25) is 5.02 Å². The second kappa shape index (κ2) is 7.29. The smallest absolute Gasteiger partial charge is 0.267 e. The number of carbonyl (C=O) groups is 1. The van der Waals surface area contributed by atoms with E-state index in [1.807, 2.05) is 37.3 Å². The van der Waals surface area contributed by atoms with Crippen molar-refractivity contribution in [3.8, 4) is 11.4 Å². The van der Waals surface area contributed by atoms with Gasteiger partial charge in [-0.2, -0.15) is 4.68 Å². The van der Waals surface area contributed by atoms with Crippen molar-refractivity contribution in [2.24, 2.45) is 0 Å². The fraction of sp³-hybridized carbons (Fsp3) is 0.0455. The van der Waals surface area contributed by atoms with Crippen LogP contribution in [0, 0.1) is 6.92 Å². The lowest BCUT2D eigenvalue weighted by molar-refractivity contribution is 0.101. The summed E-state index contributed by atoms with van der Waals surface area (Å²) in [4.78, 5) is 30.6. The predicted molar refractivity (Wildman–Crippen MR) is 111 cm³/mol. The summed E-state index contributed by atoms with van der Waals surface area (Å²) in [5.74, 6) is -0.133. The maximum atomic E-state index is 13.1. The van der Waals surface area contributed by atoms with E-state index in [1.54, 1.807) is 42.5 Å². The first kappa shape index (κ1) is 17.9. The topological polar surface area (TPSA) is 64.0 Å². The van der Waals surface area contributed by atoms with Gasteiger partial charge in [0.1, 0.15) is 0 Å². The highest BCUT2D eigenvalue weighted by atomic mass is 35.5. The summed E-state index contributed by atoms with van der Waals surface area (Å²) in [5.41, 5.74) is 4.89. The third kappa shape index (κ3) is 3.28. The Morgan fingerprint density at radius 2 is 1.75 bits per heavy atom. The number of para-hydroxylation sites is 1. The van der Waals surface area contributed by atoms with E-state index in [-0.39, 0.29) is 11.1 Å². The molecule has 6 heteroatoms. The molecule has 28 heavy (non-hydrogen) atoms. The lowest BCUT2D eigenvalue weighted by atomic mass is 10.1. The van der Waals surface area contributed by atoms with E-state index in [1.165, 1.54) is 4.68 Å². The molecule has 4 aromatic rings. The molecule has 1 amide bonds. The number of nitrogens with one attached hydrogen (secondary N) is 1. The van der Waals surface area contributed by atoms with Gasteiger partial charge in [-0.15, -0.1) is 0 Å². The van der Waals surface area contributed by atoms with Crippen molar-refractivity contribution in [2.45, 2.75) is 6.92 Å². The van der Waals surface area contributed by atoms with Crippen LogP contribution in [0.4, 0.5) is 0 Å². The number of carbonyl (C=O) groups excluding carboxylic acids is 1. The predicted octanol–water partition coefficient (Wildman–Crippen LogP) is 4.41. The van der Waals surface area contributed by atoms with Crippen LogP contribution in [0.1, 0.15) is 15.9 Å². The van der Waals surface area contributed by atoms with E-state index < -0.39 is 5.91 Å². The normalized spacial score (nSPS) is 10.8. The maximum absolute atomic E-state index is 13.1. The van der Waals surface area contributed by atoms with Crippen LogP contribution in [0.5, 0.6) is 0 Å². The maximum Gasteiger partial charge on any atom is 0.280 e. The van der Waals surface area contributed by atoms with Crippen molar-refractivity contribution in [2.75, 3.05) is 5.43 Å². The van der Waals surface area contributed by atoms with E-state index in [0.29, 0.717) is 21.7 Å². The second-order valence-electron chi connectivity index (χ2n) is 6.38. The van der Waals surface area contributed by atoms with Gasteiger partial charge in [-0.1, -0.05) is 59.6 Å². The molecule has 0 aliphatic heterocycles. The molecule has 0 atom stereocenters. The summed E-state index contributed by atoms with van der Waals surface area (Å²) in [6, 6.07) is 21.3. The number of benzene rings is 3. The number of aromatic nitrogens is 2. The Kier molecular flexibility index (Phi) is 4.67. The average molecular weight is 390 g/mol. The van der Waals surface area contributed by atoms with Gasteiger partial charge in [-0.3, -0.25) is 15.0 Å². The molecular formula is C22H16ClN3O2.